The molecule has 88 valence electrons. The number of phenolic OH excluding ortho intramolecular Hbond substituents is 1. The van der Waals surface area contributed by atoms with Gasteiger partial charge in [-0.3, -0.25) is 0 Å². The molecule has 1 unspecified atom stereocenters. The fourth-order valence-corrected chi connectivity index (χ4v) is 1.56. The Kier molecular flexibility index (Phi) is 4.17. The number of aromatic hydroxyl groups is 1. The summed E-state index contributed by atoms with van der Waals surface area (Å²) in [4.78, 5) is 10.5. The van der Waals surface area contributed by atoms with Crippen LogP contribution in [0.4, 0.5) is 0 Å². The van der Waals surface area contributed by atoms with Gasteiger partial charge >= 0.3 is 0 Å². The summed E-state index contributed by atoms with van der Waals surface area (Å²) in [5.74, 6) is 1.00. The molecule has 4 heteroatoms. The van der Waals surface area contributed by atoms with E-state index in [4.69, 9.17) is 9.47 Å². The quantitative estimate of drug-likeness (QED) is 0.778. The van der Waals surface area contributed by atoms with E-state index in [1.807, 2.05) is 6.92 Å². The van der Waals surface area contributed by atoms with Gasteiger partial charge in [-0.25, -0.2) is 0 Å². The Hall–Kier alpha value is -1.71. The van der Waals surface area contributed by atoms with Gasteiger partial charge in [-0.05, 0) is 12.0 Å². The van der Waals surface area contributed by atoms with E-state index in [9.17, 15) is 9.90 Å². The SMILES string of the molecule is COc1cc(C(C)CC=O)c(OC)cc1O. The maximum Gasteiger partial charge on any atom is 0.161 e. The first-order valence-electron chi connectivity index (χ1n) is 5.02. The van der Waals surface area contributed by atoms with Crippen LogP contribution in [0, 0.1) is 0 Å². The first kappa shape index (κ1) is 12.4. The lowest BCUT2D eigenvalue weighted by molar-refractivity contribution is -0.108. The predicted molar refractivity (Wildman–Crippen MR) is 60.3 cm³/mol. The van der Waals surface area contributed by atoms with Gasteiger partial charge in [-0.15, -0.1) is 0 Å². The molecule has 0 aromatic heterocycles. The van der Waals surface area contributed by atoms with E-state index < -0.39 is 0 Å². The van der Waals surface area contributed by atoms with Crippen LogP contribution in [-0.4, -0.2) is 25.6 Å². The van der Waals surface area contributed by atoms with E-state index in [0.29, 0.717) is 17.9 Å². The Labute approximate surface area is 94.8 Å². The summed E-state index contributed by atoms with van der Waals surface area (Å²) in [7, 11) is 3.01. The number of hydrogen-bond acceptors (Lipinski definition) is 4. The van der Waals surface area contributed by atoms with Crippen LogP contribution in [0.5, 0.6) is 17.2 Å². The smallest absolute Gasteiger partial charge is 0.161 e. The number of rotatable bonds is 5. The van der Waals surface area contributed by atoms with Crippen LogP contribution in [0.25, 0.3) is 0 Å². The van der Waals surface area contributed by atoms with Crippen LogP contribution in [0.1, 0.15) is 24.8 Å². The zero-order valence-corrected chi connectivity index (χ0v) is 9.69. The van der Waals surface area contributed by atoms with Crippen molar-refractivity contribution >= 4 is 6.29 Å². The Morgan fingerprint density at radius 3 is 2.44 bits per heavy atom. The van der Waals surface area contributed by atoms with Crippen molar-refractivity contribution in [2.24, 2.45) is 0 Å². The summed E-state index contributed by atoms with van der Waals surface area (Å²) in [6, 6.07) is 3.19. The first-order chi connectivity index (χ1) is 7.63. The topological polar surface area (TPSA) is 55.8 Å². The van der Waals surface area contributed by atoms with E-state index in [1.54, 1.807) is 6.07 Å². The van der Waals surface area contributed by atoms with Crippen LogP contribution in [0.15, 0.2) is 12.1 Å². The molecule has 0 saturated heterocycles. The summed E-state index contributed by atoms with van der Waals surface area (Å²) in [5, 5.41) is 9.58. The van der Waals surface area contributed by atoms with E-state index in [2.05, 4.69) is 0 Å². The van der Waals surface area contributed by atoms with E-state index >= 15 is 0 Å². The van der Waals surface area contributed by atoms with Gasteiger partial charge < -0.3 is 19.4 Å². The minimum Gasteiger partial charge on any atom is -0.504 e. The Morgan fingerprint density at radius 1 is 1.31 bits per heavy atom. The van der Waals surface area contributed by atoms with Crippen LogP contribution >= 0.6 is 0 Å². The number of aldehydes is 1. The molecular weight excluding hydrogens is 208 g/mol. The summed E-state index contributed by atoms with van der Waals surface area (Å²) in [5.41, 5.74) is 0.851. The van der Waals surface area contributed by atoms with Gasteiger partial charge in [0, 0.05) is 18.1 Å². The molecule has 0 aliphatic rings. The lowest BCUT2D eigenvalue weighted by atomic mass is 9.97. The van der Waals surface area contributed by atoms with Gasteiger partial charge in [0.2, 0.25) is 0 Å². The molecule has 0 heterocycles. The summed E-state index contributed by atoms with van der Waals surface area (Å²) in [6.45, 7) is 1.92. The third kappa shape index (κ3) is 2.45. The molecule has 0 fully saturated rings. The van der Waals surface area contributed by atoms with E-state index in [0.717, 1.165) is 11.8 Å². The second-order valence-electron chi connectivity index (χ2n) is 3.57. The zero-order valence-electron chi connectivity index (χ0n) is 9.69. The monoisotopic (exact) mass is 224 g/mol. The maximum atomic E-state index is 10.5. The van der Waals surface area contributed by atoms with E-state index in [1.165, 1.54) is 20.3 Å². The van der Waals surface area contributed by atoms with E-state index in [-0.39, 0.29) is 11.7 Å². The first-order valence-corrected chi connectivity index (χ1v) is 5.02. The maximum absolute atomic E-state index is 10.5. The highest BCUT2D eigenvalue weighted by molar-refractivity contribution is 5.55. The number of carbonyl (C=O) groups excluding carboxylic acids is 1. The second-order valence-corrected chi connectivity index (χ2v) is 3.57. The molecule has 0 spiro atoms. The van der Waals surface area contributed by atoms with Crippen molar-refractivity contribution in [1.82, 2.24) is 0 Å². The molecule has 0 radical (unpaired) electrons. The number of methoxy groups -OCH3 is 2. The van der Waals surface area contributed by atoms with Crippen LogP contribution in [0.3, 0.4) is 0 Å². The zero-order chi connectivity index (χ0) is 12.1. The van der Waals surface area contributed by atoms with Crippen molar-refractivity contribution in [3.63, 3.8) is 0 Å². The number of ether oxygens (including phenoxy) is 2. The number of phenols is 1. The minimum atomic E-state index is 0.0291. The fourth-order valence-electron chi connectivity index (χ4n) is 1.56. The number of carbonyl (C=O) groups is 1. The van der Waals surface area contributed by atoms with Crippen LogP contribution in [0.2, 0.25) is 0 Å². The lowest BCUT2D eigenvalue weighted by Gasteiger charge is -2.15. The molecule has 16 heavy (non-hydrogen) atoms. The largest absolute Gasteiger partial charge is 0.504 e. The molecule has 0 saturated carbocycles. The van der Waals surface area contributed by atoms with Gasteiger partial charge in [-0.1, -0.05) is 6.92 Å². The average molecular weight is 224 g/mol. The number of benzene rings is 1. The molecule has 1 rings (SSSR count). The Balaban J connectivity index is 3.18. The Bertz CT molecular complexity index is 374. The van der Waals surface area contributed by atoms with Crippen LogP contribution in [-0.2, 0) is 4.79 Å². The van der Waals surface area contributed by atoms with Gasteiger partial charge in [0.25, 0.3) is 0 Å². The van der Waals surface area contributed by atoms with Gasteiger partial charge in [-0.2, -0.15) is 0 Å². The van der Waals surface area contributed by atoms with Crippen molar-refractivity contribution < 1.29 is 19.4 Å². The van der Waals surface area contributed by atoms with Gasteiger partial charge in [0.1, 0.15) is 12.0 Å². The molecule has 0 aliphatic heterocycles. The predicted octanol–water partition coefficient (Wildman–Crippen LogP) is 2.10. The lowest BCUT2D eigenvalue weighted by Crippen LogP contribution is -1.99. The van der Waals surface area contributed by atoms with Gasteiger partial charge in [0.15, 0.2) is 11.5 Å². The standard InChI is InChI=1S/C12H16O4/c1-8(4-5-13)9-6-12(16-3)10(14)7-11(9)15-2/h5-8,14H,4H2,1-3H3. The highest BCUT2D eigenvalue weighted by Crippen LogP contribution is 2.37. The highest BCUT2D eigenvalue weighted by atomic mass is 16.5. The molecule has 0 bridgehead atoms. The number of hydrogen-bond donors (Lipinski definition) is 1. The molecule has 1 atom stereocenters. The molecule has 0 amide bonds. The highest BCUT2D eigenvalue weighted by Gasteiger charge is 2.15. The molecule has 4 nitrogen and oxygen atoms in total. The minimum absolute atomic E-state index is 0.0291. The summed E-state index contributed by atoms with van der Waals surface area (Å²) >= 11 is 0. The molecule has 0 aliphatic carbocycles. The van der Waals surface area contributed by atoms with Crippen molar-refractivity contribution in [3.8, 4) is 17.2 Å². The van der Waals surface area contributed by atoms with Crippen molar-refractivity contribution in [1.29, 1.82) is 0 Å². The van der Waals surface area contributed by atoms with Crippen molar-refractivity contribution in [2.45, 2.75) is 19.3 Å². The Morgan fingerprint density at radius 2 is 1.94 bits per heavy atom. The van der Waals surface area contributed by atoms with Crippen molar-refractivity contribution in [2.75, 3.05) is 14.2 Å². The molecule has 1 aromatic rings. The molecule has 1 aromatic carbocycles. The summed E-state index contributed by atoms with van der Waals surface area (Å²) in [6.07, 6.45) is 1.27. The summed E-state index contributed by atoms with van der Waals surface area (Å²) < 4.78 is 10.2. The van der Waals surface area contributed by atoms with Crippen molar-refractivity contribution in [3.05, 3.63) is 17.7 Å². The second kappa shape index (κ2) is 5.39. The molecule has 1 N–H and O–H groups in total. The average Bonchev–Trinajstić information content (AvgIpc) is 2.28. The normalized spacial score (nSPS) is 11.9. The molecular formula is C12H16O4. The third-order valence-corrected chi connectivity index (χ3v) is 2.51. The van der Waals surface area contributed by atoms with Gasteiger partial charge in [0.05, 0.1) is 14.2 Å². The van der Waals surface area contributed by atoms with Crippen LogP contribution < -0.4 is 9.47 Å². The fraction of sp³-hybridized carbons (Fsp3) is 0.417. The third-order valence-electron chi connectivity index (χ3n) is 2.51.